The van der Waals surface area contributed by atoms with Crippen LogP contribution in [-0.4, -0.2) is 35.7 Å². The fourth-order valence-corrected chi connectivity index (χ4v) is 5.60. The van der Waals surface area contributed by atoms with Gasteiger partial charge in [-0.1, -0.05) is 12.8 Å². The second-order valence-electron chi connectivity index (χ2n) is 8.10. The van der Waals surface area contributed by atoms with Crippen molar-refractivity contribution < 1.29 is 14.3 Å². The number of rotatable bonds is 1. The summed E-state index contributed by atoms with van der Waals surface area (Å²) in [7, 11) is 0. The van der Waals surface area contributed by atoms with Crippen LogP contribution in [0.5, 0.6) is 11.5 Å². The van der Waals surface area contributed by atoms with Crippen LogP contribution in [0.4, 0.5) is 9.93 Å². The first-order valence-corrected chi connectivity index (χ1v) is 10.9. The average Bonchev–Trinajstić information content (AvgIpc) is 3.33. The lowest BCUT2D eigenvalue weighted by molar-refractivity contribution is 0.149. The first-order valence-electron chi connectivity index (χ1n) is 9.99. The molecular formula is C21H25N3O3S. The van der Waals surface area contributed by atoms with Crippen LogP contribution in [0.15, 0.2) is 17.5 Å². The molecule has 1 unspecified atom stereocenters. The number of ether oxygens (including phenoxy) is 2. The number of benzene rings is 1. The molecule has 3 heterocycles. The van der Waals surface area contributed by atoms with Crippen molar-refractivity contribution in [3.05, 3.63) is 34.3 Å². The third-order valence-corrected chi connectivity index (χ3v) is 7.21. The topological polar surface area (TPSA) is 63.7 Å². The summed E-state index contributed by atoms with van der Waals surface area (Å²) in [6, 6.07) is 4.18. The van der Waals surface area contributed by atoms with Crippen molar-refractivity contribution in [2.45, 2.75) is 51.0 Å². The molecule has 2 aromatic rings. The molecule has 1 fully saturated rings. The second kappa shape index (κ2) is 6.65. The van der Waals surface area contributed by atoms with Gasteiger partial charge in [-0.3, -0.25) is 5.32 Å². The highest BCUT2D eigenvalue weighted by Crippen LogP contribution is 2.52. The SMILES string of the molecule is Cc1csc(NC(=O)N2CC3(CCCC3)c3cc4c(cc3C2C)OCCO4)n1. The van der Waals surface area contributed by atoms with Gasteiger partial charge in [-0.15, -0.1) is 11.3 Å². The number of nitrogens with zero attached hydrogens (tertiary/aromatic N) is 2. The standard InChI is InChI=1S/C21H25N3O3S/c1-13-11-28-19(22-13)23-20(25)24-12-21(5-3-4-6-21)16-10-18-17(26-7-8-27-18)9-15(16)14(24)2/h9-11,14H,3-8,12H2,1-2H3,(H,22,23,25). The molecule has 148 valence electrons. The number of aromatic nitrogens is 1. The van der Waals surface area contributed by atoms with Crippen LogP contribution in [0, 0.1) is 6.92 Å². The van der Waals surface area contributed by atoms with Gasteiger partial charge in [-0.05, 0) is 49.9 Å². The maximum atomic E-state index is 13.2. The molecule has 1 aromatic heterocycles. The zero-order valence-corrected chi connectivity index (χ0v) is 17.1. The average molecular weight is 400 g/mol. The van der Waals surface area contributed by atoms with Crippen LogP contribution in [0.2, 0.25) is 0 Å². The Hall–Kier alpha value is -2.28. The number of anilines is 1. The smallest absolute Gasteiger partial charge is 0.324 e. The lowest BCUT2D eigenvalue weighted by Gasteiger charge is -2.46. The third-order valence-electron chi connectivity index (χ3n) is 6.33. The Balaban J connectivity index is 1.53. The van der Waals surface area contributed by atoms with Gasteiger partial charge in [0, 0.05) is 17.3 Å². The molecule has 1 aliphatic carbocycles. The van der Waals surface area contributed by atoms with E-state index in [4.69, 9.17) is 9.47 Å². The van der Waals surface area contributed by atoms with Crippen molar-refractivity contribution in [2.24, 2.45) is 0 Å². The van der Waals surface area contributed by atoms with Gasteiger partial charge in [0.1, 0.15) is 13.2 Å². The number of thiazole rings is 1. The minimum absolute atomic E-state index is 0.00775. The molecule has 5 rings (SSSR count). The number of carbonyl (C=O) groups excluding carboxylic acids is 1. The first-order chi connectivity index (χ1) is 13.6. The van der Waals surface area contributed by atoms with Crippen LogP contribution in [0.25, 0.3) is 0 Å². The van der Waals surface area contributed by atoms with Gasteiger partial charge in [-0.25, -0.2) is 9.78 Å². The summed E-state index contributed by atoms with van der Waals surface area (Å²) in [5.41, 5.74) is 3.46. The summed E-state index contributed by atoms with van der Waals surface area (Å²) in [6.07, 6.45) is 4.60. The minimum atomic E-state index is -0.0753. The predicted octanol–water partition coefficient (Wildman–Crippen LogP) is 4.64. The number of hydrogen-bond donors (Lipinski definition) is 1. The number of aryl methyl sites for hydroxylation is 1. The van der Waals surface area contributed by atoms with Crippen molar-refractivity contribution in [3.8, 4) is 11.5 Å². The molecule has 2 aliphatic heterocycles. The Labute approximate surface area is 168 Å². The van der Waals surface area contributed by atoms with E-state index < -0.39 is 0 Å². The van der Waals surface area contributed by atoms with Gasteiger partial charge in [0.25, 0.3) is 0 Å². The molecule has 0 radical (unpaired) electrons. The van der Waals surface area contributed by atoms with E-state index in [9.17, 15) is 4.79 Å². The van der Waals surface area contributed by atoms with Gasteiger partial charge in [-0.2, -0.15) is 0 Å². The lowest BCUT2D eigenvalue weighted by atomic mass is 9.71. The highest BCUT2D eigenvalue weighted by Gasteiger charge is 2.46. The Morgan fingerprint density at radius 1 is 1.25 bits per heavy atom. The molecule has 28 heavy (non-hydrogen) atoms. The Morgan fingerprint density at radius 2 is 1.96 bits per heavy atom. The normalized spacial score (nSPS) is 22.2. The fourth-order valence-electron chi connectivity index (χ4n) is 4.93. The monoisotopic (exact) mass is 399 g/mol. The minimum Gasteiger partial charge on any atom is -0.486 e. The van der Waals surface area contributed by atoms with Gasteiger partial charge < -0.3 is 14.4 Å². The largest absolute Gasteiger partial charge is 0.486 e. The molecule has 7 heteroatoms. The lowest BCUT2D eigenvalue weighted by Crippen LogP contribution is -2.50. The van der Waals surface area contributed by atoms with E-state index in [1.54, 1.807) is 0 Å². The summed E-state index contributed by atoms with van der Waals surface area (Å²) in [5.74, 6) is 1.64. The van der Waals surface area contributed by atoms with E-state index in [1.807, 2.05) is 17.2 Å². The Kier molecular flexibility index (Phi) is 4.23. The van der Waals surface area contributed by atoms with E-state index in [0.717, 1.165) is 36.6 Å². The predicted molar refractivity (Wildman–Crippen MR) is 109 cm³/mol. The van der Waals surface area contributed by atoms with E-state index in [0.29, 0.717) is 18.3 Å². The molecule has 3 aliphatic rings. The molecule has 0 saturated heterocycles. The zero-order valence-electron chi connectivity index (χ0n) is 16.3. The van der Waals surface area contributed by atoms with Crippen LogP contribution >= 0.6 is 11.3 Å². The van der Waals surface area contributed by atoms with Gasteiger partial charge in [0.05, 0.1) is 11.7 Å². The highest BCUT2D eigenvalue weighted by atomic mass is 32.1. The van der Waals surface area contributed by atoms with E-state index >= 15 is 0 Å². The number of nitrogens with one attached hydrogen (secondary N) is 1. The molecule has 2 amide bonds. The molecule has 1 spiro atoms. The van der Waals surface area contributed by atoms with E-state index in [1.165, 1.54) is 35.3 Å². The van der Waals surface area contributed by atoms with Gasteiger partial charge in [0.2, 0.25) is 0 Å². The van der Waals surface area contributed by atoms with Crippen LogP contribution < -0.4 is 14.8 Å². The molecule has 6 nitrogen and oxygen atoms in total. The molecule has 0 bridgehead atoms. The number of carbonyl (C=O) groups is 1. The Morgan fingerprint density at radius 3 is 2.64 bits per heavy atom. The van der Waals surface area contributed by atoms with Crippen molar-refractivity contribution >= 4 is 22.5 Å². The van der Waals surface area contributed by atoms with E-state index in [2.05, 4.69) is 29.4 Å². The number of amides is 2. The first kappa shape index (κ1) is 17.8. The molecule has 1 saturated carbocycles. The summed E-state index contributed by atoms with van der Waals surface area (Å²) in [5, 5.41) is 5.61. The maximum Gasteiger partial charge on any atom is 0.324 e. The zero-order chi connectivity index (χ0) is 19.3. The second-order valence-corrected chi connectivity index (χ2v) is 8.96. The van der Waals surface area contributed by atoms with Gasteiger partial charge in [0.15, 0.2) is 16.6 Å². The van der Waals surface area contributed by atoms with Crippen molar-refractivity contribution in [1.29, 1.82) is 0 Å². The number of hydrogen-bond acceptors (Lipinski definition) is 5. The number of urea groups is 1. The highest BCUT2D eigenvalue weighted by molar-refractivity contribution is 7.13. The van der Waals surface area contributed by atoms with Crippen LogP contribution in [-0.2, 0) is 5.41 Å². The summed E-state index contributed by atoms with van der Waals surface area (Å²) in [6.45, 7) is 5.93. The summed E-state index contributed by atoms with van der Waals surface area (Å²) < 4.78 is 11.7. The van der Waals surface area contributed by atoms with Crippen LogP contribution in [0.3, 0.4) is 0 Å². The number of fused-ring (bicyclic) bond motifs is 3. The quantitative estimate of drug-likeness (QED) is 0.759. The molecule has 1 atom stereocenters. The molecule has 1 aromatic carbocycles. The fraction of sp³-hybridized carbons (Fsp3) is 0.524. The third kappa shape index (κ3) is 2.83. The Bertz CT molecular complexity index is 920. The van der Waals surface area contributed by atoms with E-state index in [-0.39, 0.29) is 17.5 Å². The summed E-state index contributed by atoms with van der Waals surface area (Å²) in [4.78, 5) is 19.5. The summed E-state index contributed by atoms with van der Waals surface area (Å²) >= 11 is 1.46. The van der Waals surface area contributed by atoms with Crippen molar-refractivity contribution in [3.63, 3.8) is 0 Å². The molecular weight excluding hydrogens is 374 g/mol. The van der Waals surface area contributed by atoms with Crippen molar-refractivity contribution in [1.82, 2.24) is 9.88 Å². The van der Waals surface area contributed by atoms with Gasteiger partial charge >= 0.3 is 6.03 Å². The van der Waals surface area contributed by atoms with Crippen molar-refractivity contribution in [2.75, 3.05) is 25.1 Å². The molecule has 1 N–H and O–H groups in total. The maximum absolute atomic E-state index is 13.2. The van der Waals surface area contributed by atoms with Crippen LogP contribution in [0.1, 0.15) is 55.5 Å².